The van der Waals surface area contributed by atoms with Crippen LogP contribution in [0.15, 0.2) is 41.6 Å². The van der Waals surface area contributed by atoms with Crippen LogP contribution in [0.3, 0.4) is 0 Å². The number of oxime groups is 1. The maximum Gasteiger partial charge on any atom is 0.119 e. The molecule has 4 heteroatoms. The summed E-state index contributed by atoms with van der Waals surface area (Å²) in [7, 11) is 1.52. The van der Waals surface area contributed by atoms with Crippen LogP contribution in [0.4, 0.5) is 0 Å². The molecule has 0 bridgehead atoms. The Morgan fingerprint density at radius 3 is 2.59 bits per heavy atom. The van der Waals surface area contributed by atoms with E-state index >= 15 is 0 Å². The van der Waals surface area contributed by atoms with Gasteiger partial charge < -0.3 is 14.7 Å². The predicted molar refractivity (Wildman–Crippen MR) is 67.4 cm³/mol. The van der Waals surface area contributed by atoms with Crippen LogP contribution < -0.4 is 4.74 Å². The van der Waals surface area contributed by atoms with E-state index in [2.05, 4.69) is 5.16 Å². The molecular weight excluding hydrogens is 218 g/mol. The van der Waals surface area contributed by atoms with Gasteiger partial charge in [0.1, 0.15) is 19.5 Å². The number of ether oxygens (including phenoxy) is 1. The van der Waals surface area contributed by atoms with Gasteiger partial charge in [-0.2, -0.15) is 0 Å². The first kappa shape index (κ1) is 13.3. The lowest BCUT2D eigenvalue weighted by molar-refractivity contribution is 0.213. The van der Waals surface area contributed by atoms with E-state index in [1.54, 1.807) is 12.2 Å². The zero-order valence-corrected chi connectivity index (χ0v) is 10.1. The highest BCUT2D eigenvalue weighted by Gasteiger charge is 1.98. The van der Waals surface area contributed by atoms with Gasteiger partial charge in [-0.05, 0) is 42.8 Å². The number of hydrogen-bond donors (Lipinski definition) is 1. The lowest BCUT2D eigenvalue weighted by Gasteiger charge is -2.04. The van der Waals surface area contributed by atoms with Crippen molar-refractivity contribution in [2.24, 2.45) is 5.16 Å². The Bertz CT molecular complexity index is 382. The average molecular weight is 235 g/mol. The van der Waals surface area contributed by atoms with E-state index in [-0.39, 0.29) is 6.61 Å². The van der Waals surface area contributed by atoms with Crippen LogP contribution in [-0.2, 0) is 4.84 Å². The highest BCUT2D eigenvalue weighted by molar-refractivity contribution is 5.98. The third-order valence-corrected chi connectivity index (χ3v) is 2.12. The molecule has 4 nitrogen and oxygen atoms in total. The maximum absolute atomic E-state index is 8.54. The third kappa shape index (κ3) is 4.70. The Kier molecular flexibility index (Phi) is 5.82. The SMILES string of the molecule is CON=C(C)c1ccc(OC/C=C/CO)cc1. The van der Waals surface area contributed by atoms with Crippen molar-refractivity contribution in [3.05, 3.63) is 42.0 Å². The first-order chi connectivity index (χ1) is 8.27. The Morgan fingerprint density at radius 1 is 1.29 bits per heavy atom. The first-order valence-corrected chi connectivity index (χ1v) is 5.34. The summed E-state index contributed by atoms with van der Waals surface area (Å²) in [5, 5.41) is 12.4. The fraction of sp³-hybridized carbons (Fsp3) is 0.308. The molecule has 0 amide bonds. The molecule has 0 aliphatic carbocycles. The van der Waals surface area contributed by atoms with Gasteiger partial charge in [-0.1, -0.05) is 11.2 Å². The van der Waals surface area contributed by atoms with Gasteiger partial charge in [0.25, 0.3) is 0 Å². The number of hydrogen-bond acceptors (Lipinski definition) is 4. The predicted octanol–water partition coefficient (Wildman–Crippen LogP) is 1.98. The summed E-state index contributed by atoms with van der Waals surface area (Å²) in [6.45, 7) is 2.36. The van der Waals surface area contributed by atoms with Gasteiger partial charge in [-0.15, -0.1) is 0 Å². The molecule has 0 radical (unpaired) electrons. The topological polar surface area (TPSA) is 51.0 Å². The lowest BCUT2D eigenvalue weighted by atomic mass is 10.1. The molecule has 0 atom stereocenters. The molecule has 0 aliphatic heterocycles. The second-order valence-electron chi connectivity index (χ2n) is 3.35. The van der Waals surface area contributed by atoms with Crippen molar-refractivity contribution in [2.75, 3.05) is 20.3 Å². The van der Waals surface area contributed by atoms with Gasteiger partial charge in [0.15, 0.2) is 0 Å². The Labute approximate surface area is 101 Å². The van der Waals surface area contributed by atoms with Crippen molar-refractivity contribution in [3.8, 4) is 5.75 Å². The molecule has 0 aliphatic rings. The fourth-order valence-corrected chi connectivity index (χ4v) is 1.27. The smallest absolute Gasteiger partial charge is 0.119 e. The van der Waals surface area contributed by atoms with Crippen molar-refractivity contribution in [1.29, 1.82) is 0 Å². The van der Waals surface area contributed by atoms with E-state index in [9.17, 15) is 0 Å². The van der Waals surface area contributed by atoms with Crippen LogP contribution in [0.1, 0.15) is 12.5 Å². The molecule has 1 aromatic rings. The van der Waals surface area contributed by atoms with Crippen LogP contribution in [0.5, 0.6) is 5.75 Å². The monoisotopic (exact) mass is 235 g/mol. The van der Waals surface area contributed by atoms with Gasteiger partial charge in [-0.3, -0.25) is 0 Å². The standard InChI is InChI=1S/C13H17NO3/c1-11(14-16-2)12-5-7-13(8-6-12)17-10-4-3-9-15/h3-8,15H,9-10H2,1-2H3/b4-3+,14-11?. The third-order valence-electron chi connectivity index (χ3n) is 2.12. The molecule has 0 heterocycles. The normalized spacial score (nSPS) is 11.8. The maximum atomic E-state index is 8.54. The number of rotatable bonds is 6. The number of nitrogens with zero attached hydrogens (tertiary/aromatic N) is 1. The minimum absolute atomic E-state index is 0.0367. The summed E-state index contributed by atoms with van der Waals surface area (Å²) in [6, 6.07) is 7.58. The molecule has 0 saturated heterocycles. The summed E-state index contributed by atoms with van der Waals surface area (Å²) in [5.74, 6) is 0.779. The van der Waals surface area contributed by atoms with Crippen molar-refractivity contribution in [3.63, 3.8) is 0 Å². The van der Waals surface area contributed by atoms with Crippen LogP contribution >= 0.6 is 0 Å². The van der Waals surface area contributed by atoms with Crippen LogP contribution in [0, 0.1) is 0 Å². The van der Waals surface area contributed by atoms with Gasteiger partial charge >= 0.3 is 0 Å². The van der Waals surface area contributed by atoms with E-state index < -0.39 is 0 Å². The molecule has 1 aromatic carbocycles. The molecule has 0 fully saturated rings. The fourth-order valence-electron chi connectivity index (χ4n) is 1.27. The second kappa shape index (κ2) is 7.46. The zero-order valence-electron chi connectivity index (χ0n) is 10.1. The molecule has 1 N–H and O–H groups in total. The molecule has 0 saturated carbocycles. The molecule has 0 spiro atoms. The van der Waals surface area contributed by atoms with Gasteiger partial charge in [-0.25, -0.2) is 0 Å². The van der Waals surface area contributed by atoms with Crippen LogP contribution in [-0.4, -0.2) is 31.1 Å². The highest BCUT2D eigenvalue weighted by Crippen LogP contribution is 2.12. The van der Waals surface area contributed by atoms with Crippen molar-refractivity contribution < 1.29 is 14.7 Å². The minimum Gasteiger partial charge on any atom is -0.490 e. The molecule has 17 heavy (non-hydrogen) atoms. The molecule has 92 valence electrons. The molecular formula is C13H17NO3. The van der Waals surface area contributed by atoms with Crippen molar-refractivity contribution in [2.45, 2.75) is 6.92 Å². The molecule has 0 unspecified atom stereocenters. The largest absolute Gasteiger partial charge is 0.490 e. The summed E-state index contributed by atoms with van der Waals surface area (Å²) in [4.78, 5) is 4.70. The van der Waals surface area contributed by atoms with Gasteiger partial charge in [0, 0.05) is 0 Å². The lowest BCUT2D eigenvalue weighted by Crippen LogP contribution is -1.97. The highest BCUT2D eigenvalue weighted by atomic mass is 16.6. The first-order valence-electron chi connectivity index (χ1n) is 5.34. The van der Waals surface area contributed by atoms with Crippen molar-refractivity contribution >= 4 is 5.71 Å². The Balaban J connectivity index is 2.56. The minimum atomic E-state index is 0.0367. The summed E-state index contributed by atoms with van der Waals surface area (Å²) in [6.07, 6.45) is 3.41. The average Bonchev–Trinajstić information content (AvgIpc) is 2.36. The number of aliphatic hydroxyl groups excluding tert-OH is 1. The quantitative estimate of drug-likeness (QED) is 0.466. The summed E-state index contributed by atoms with van der Waals surface area (Å²) in [5.41, 5.74) is 1.81. The van der Waals surface area contributed by atoms with Crippen molar-refractivity contribution in [1.82, 2.24) is 0 Å². The van der Waals surface area contributed by atoms with Crippen LogP contribution in [0.25, 0.3) is 0 Å². The van der Waals surface area contributed by atoms with E-state index in [1.807, 2.05) is 31.2 Å². The van der Waals surface area contributed by atoms with E-state index in [0.717, 1.165) is 17.0 Å². The van der Waals surface area contributed by atoms with E-state index in [4.69, 9.17) is 14.7 Å². The summed E-state index contributed by atoms with van der Waals surface area (Å²) >= 11 is 0. The summed E-state index contributed by atoms with van der Waals surface area (Å²) < 4.78 is 5.43. The zero-order chi connectivity index (χ0) is 12.5. The molecule has 1 rings (SSSR count). The van der Waals surface area contributed by atoms with E-state index in [1.165, 1.54) is 7.11 Å². The Morgan fingerprint density at radius 2 is 2.00 bits per heavy atom. The second-order valence-corrected chi connectivity index (χ2v) is 3.35. The van der Waals surface area contributed by atoms with Gasteiger partial charge in [0.2, 0.25) is 0 Å². The Hall–Kier alpha value is -1.81. The van der Waals surface area contributed by atoms with E-state index in [0.29, 0.717) is 6.61 Å². The number of aliphatic hydroxyl groups is 1. The molecule has 0 aromatic heterocycles. The number of benzene rings is 1. The van der Waals surface area contributed by atoms with Crippen LogP contribution in [0.2, 0.25) is 0 Å². The van der Waals surface area contributed by atoms with Gasteiger partial charge in [0.05, 0.1) is 12.3 Å².